The van der Waals surface area contributed by atoms with Gasteiger partial charge in [-0.3, -0.25) is 15.1 Å². The summed E-state index contributed by atoms with van der Waals surface area (Å²) in [5.74, 6) is -0.101. The summed E-state index contributed by atoms with van der Waals surface area (Å²) in [6, 6.07) is 13.5. The average molecular weight is 530 g/mol. The van der Waals surface area contributed by atoms with E-state index in [1.807, 2.05) is 19.9 Å². The first-order chi connectivity index (χ1) is 18.8. The lowest BCUT2D eigenvalue weighted by Gasteiger charge is -2.12. The number of aromatic nitrogens is 4. The monoisotopic (exact) mass is 529 g/mol. The van der Waals surface area contributed by atoms with Gasteiger partial charge in [0, 0.05) is 36.8 Å². The fraction of sp³-hybridized carbons (Fsp3) is 0.148. The van der Waals surface area contributed by atoms with E-state index >= 15 is 0 Å². The van der Waals surface area contributed by atoms with Gasteiger partial charge in [-0.05, 0) is 42.3 Å². The Balaban J connectivity index is 1.32. The van der Waals surface area contributed by atoms with Gasteiger partial charge in [0.25, 0.3) is 5.91 Å². The van der Waals surface area contributed by atoms with Gasteiger partial charge in [0.05, 0.1) is 23.3 Å². The lowest BCUT2D eigenvalue weighted by molar-refractivity contribution is 0.0957. The molecule has 5 aromatic rings. The van der Waals surface area contributed by atoms with Gasteiger partial charge in [0.15, 0.2) is 5.58 Å². The van der Waals surface area contributed by atoms with Gasteiger partial charge in [-0.2, -0.15) is 5.10 Å². The zero-order valence-corrected chi connectivity index (χ0v) is 21.2. The van der Waals surface area contributed by atoms with Gasteiger partial charge in [0.1, 0.15) is 28.8 Å². The Morgan fingerprint density at radius 3 is 2.62 bits per heavy atom. The first-order valence-corrected chi connectivity index (χ1v) is 12.0. The third-order valence-electron chi connectivity index (χ3n) is 5.76. The molecule has 3 aromatic heterocycles. The number of carbonyl (C=O) groups is 2. The summed E-state index contributed by atoms with van der Waals surface area (Å²) in [6.07, 6.45) is 3.01. The molecule has 0 atom stereocenters. The minimum Gasteiger partial charge on any atom is -0.457 e. The molecule has 0 radical (unpaired) electrons. The molecule has 11 nitrogen and oxygen atoms in total. The summed E-state index contributed by atoms with van der Waals surface area (Å²) >= 11 is 0. The molecule has 0 saturated carbocycles. The molecule has 0 bridgehead atoms. The number of anilines is 2. The third-order valence-corrected chi connectivity index (χ3v) is 5.76. The van der Waals surface area contributed by atoms with Crippen LogP contribution in [-0.4, -0.2) is 38.9 Å². The second-order valence-corrected chi connectivity index (χ2v) is 8.85. The maximum Gasteiger partial charge on any atom is 0.324 e. The number of nitrogens with zero attached hydrogens (tertiary/aromatic N) is 4. The van der Waals surface area contributed by atoms with E-state index in [1.165, 1.54) is 31.4 Å². The molecule has 12 heteroatoms. The quantitative estimate of drug-likeness (QED) is 0.254. The number of carbonyl (C=O) groups excluding carboxylic acids is 2. The van der Waals surface area contributed by atoms with Gasteiger partial charge >= 0.3 is 6.03 Å². The van der Waals surface area contributed by atoms with Crippen molar-refractivity contribution in [3.05, 3.63) is 84.2 Å². The largest absolute Gasteiger partial charge is 0.457 e. The second kappa shape index (κ2) is 10.6. The Bertz CT molecular complexity index is 1680. The van der Waals surface area contributed by atoms with E-state index in [0.29, 0.717) is 22.8 Å². The molecule has 198 valence electrons. The number of hydrogen-bond acceptors (Lipinski definition) is 7. The number of nitrogens with one attached hydrogen (secondary N) is 3. The van der Waals surface area contributed by atoms with Crippen LogP contribution in [0.15, 0.2) is 71.5 Å². The molecule has 5 rings (SSSR count). The van der Waals surface area contributed by atoms with Crippen LogP contribution in [0.2, 0.25) is 0 Å². The number of rotatable bonds is 7. The van der Waals surface area contributed by atoms with E-state index in [-0.39, 0.29) is 29.0 Å². The van der Waals surface area contributed by atoms with Crippen LogP contribution in [0.25, 0.3) is 16.7 Å². The van der Waals surface area contributed by atoms with Crippen molar-refractivity contribution in [3.8, 4) is 17.2 Å². The molecule has 3 N–H and O–H groups in total. The zero-order valence-electron chi connectivity index (χ0n) is 21.2. The molecule has 0 fully saturated rings. The number of amides is 3. The fourth-order valence-corrected chi connectivity index (χ4v) is 3.75. The molecule has 0 unspecified atom stereocenters. The molecule has 3 amide bonds. The van der Waals surface area contributed by atoms with Crippen molar-refractivity contribution in [1.29, 1.82) is 0 Å². The Morgan fingerprint density at radius 1 is 1.03 bits per heavy atom. The smallest absolute Gasteiger partial charge is 0.324 e. The topological polar surface area (TPSA) is 136 Å². The molecule has 2 aromatic carbocycles. The number of pyridine rings is 1. The van der Waals surface area contributed by atoms with Gasteiger partial charge in [-0.25, -0.2) is 13.9 Å². The molecule has 0 spiro atoms. The molecule has 0 aliphatic rings. The van der Waals surface area contributed by atoms with E-state index in [0.717, 1.165) is 17.1 Å². The van der Waals surface area contributed by atoms with Crippen molar-refractivity contribution in [3.63, 3.8) is 0 Å². The highest BCUT2D eigenvalue weighted by atomic mass is 19.1. The van der Waals surface area contributed by atoms with E-state index in [2.05, 4.69) is 31.2 Å². The van der Waals surface area contributed by atoms with Crippen LogP contribution in [0, 0.1) is 5.82 Å². The highest BCUT2D eigenvalue weighted by Gasteiger charge is 2.17. The standard InChI is InChI=1S/C27H24FN7O4/c1-15(2)22-13-25(35(34-22)17-4-7-24-16(10-17)14-31-39-24)33-27(37)32-21-6-5-18(11-20(21)28)38-19-8-9-30-23(12-19)26(36)29-3/h4-15H,1-3H3,(H,29,36)(H2,32,33,37). The van der Waals surface area contributed by atoms with E-state index < -0.39 is 11.8 Å². The summed E-state index contributed by atoms with van der Waals surface area (Å²) in [7, 11) is 1.49. The van der Waals surface area contributed by atoms with Crippen molar-refractivity contribution in [2.45, 2.75) is 19.8 Å². The van der Waals surface area contributed by atoms with Gasteiger partial charge in [0.2, 0.25) is 0 Å². The molecule has 0 aliphatic carbocycles. The van der Waals surface area contributed by atoms with Crippen LogP contribution in [0.5, 0.6) is 11.5 Å². The van der Waals surface area contributed by atoms with Crippen molar-refractivity contribution >= 4 is 34.4 Å². The zero-order chi connectivity index (χ0) is 27.5. The third kappa shape index (κ3) is 5.54. The Kier molecular flexibility index (Phi) is 6.91. The molecule has 0 aliphatic heterocycles. The summed E-state index contributed by atoms with van der Waals surface area (Å²) in [5.41, 5.74) is 2.18. The maximum atomic E-state index is 14.9. The van der Waals surface area contributed by atoms with Gasteiger partial charge in [-0.1, -0.05) is 19.0 Å². The molecular weight excluding hydrogens is 505 g/mol. The van der Waals surface area contributed by atoms with Crippen LogP contribution in [-0.2, 0) is 0 Å². The Hall–Kier alpha value is -5.26. The maximum absolute atomic E-state index is 14.9. The lowest BCUT2D eigenvalue weighted by atomic mass is 10.1. The predicted octanol–water partition coefficient (Wildman–Crippen LogP) is 5.47. The summed E-state index contributed by atoms with van der Waals surface area (Å²) < 4.78 is 27.3. The number of urea groups is 1. The van der Waals surface area contributed by atoms with Crippen molar-refractivity contribution < 1.29 is 23.2 Å². The minimum absolute atomic E-state index is 0.0540. The van der Waals surface area contributed by atoms with Gasteiger partial charge < -0.3 is 19.9 Å². The first-order valence-electron chi connectivity index (χ1n) is 12.0. The second-order valence-electron chi connectivity index (χ2n) is 8.85. The van der Waals surface area contributed by atoms with Crippen LogP contribution in [0.4, 0.5) is 20.7 Å². The van der Waals surface area contributed by atoms with Crippen molar-refractivity contribution in [1.82, 2.24) is 25.2 Å². The number of ether oxygens (including phenoxy) is 1. The van der Waals surface area contributed by atoms with Crippen LogP contribution in [0.3, 0.4) is 0 Å². The number of fused-ring (bicyclic) bond motifs is 1. The number of hydrogen-bond donors (Lipinski definition) is 3. The Morgan fingerprint density at radius 2 is 1.85 bits per heavy atom. The van der Waals surface area contributed by atoms with E-state index in [9.17, 15) is 14.0 Å². The highest BCUT2D eigenvalue weighted by Crippen LogP contribution is 2.27. The first kappa shape index (κ1) is 25.4. The summed E-state index contributed by atoms with van der Waals surface area (Å²) in [4.78, 5) is 28.6. The lowest BCUT2D eigenvalue weighted by Crippen LogP contribution is -2.22. The number of halogens is 1. The van der Waals surface area contributed by atoms with Gasteiger partial charge in [-0.15, -0.1) is 0 Å². The molecule has 3 heterocycles. The van der Waals surface area contributed by atoms with Crippen LogP contribution in [0.1, 0.15) is 35.9 Å². The minimum atomic E-state index is -0.711. The van der Waals surface area contributed by atoms with E-state index in [1.54, 1.807) is 35.1 Å². The summed E-state index contributed by atoms with van der Waals surface area (Å²) in [6.45, 7) is 3.98. The van der Waals surface area contributed by atoms with Crippen molar-refractivity contribution in [2.75, 3.05) is 17.7 Å². The fourth-order valence-electron chi connectivity index (χ4n) is 3.75. The molecule has 39 heavy (non-hydrogen) atoms. The molecular formula is C27H24FN7O4. The highest BCUT2D eigenvalue weighted by molar-refractivity contribution is 5.99. The van der Waals surface area contributed by atoms with Crippen LogP contribution < -0.4 is 20.7 Å². The average Bonchev–Trinajstić information content (AvgIpc) is 3.56. The normalized spacial score (nSPS) is 11.0. The van der Waals surface area contributed by atoms with E-state index in [4.69, 9.17) is 9.26 Å². The Labute approximate surface area is 222 Å². The predicted molar refractivity (Wildman–Crippen MR) is 142 cm³/mol. The summed E-state index contributed by atoms with van der Waals surface area (Å²) in [5, 5.41) is 16.9. The van der Waals surface area contributed by atoms with Crippen LogP contribution >= 0.6 is 0 Å². The van der Waals surface area contributed by atoms with Crippen molar-refractivity contribution in [2.24, 2.45) is 0 Å². The SMILES string of the molecule is CNC(=O)c1cc(Oc2ccc(NC(=O)Nc3cc(C(C)C)nn3-c3ccc4oncc4c3)c(F)c2)ccn1. The number of benzene rings is 2. The molecule has 0 saturated heterocycles.